The van der Waals surface area contributed by atoms with E-state index in [4.69, 9.17) is 9.47 Å². The molecular formula is C28H40N2O3. The predicted octanol–water partition coefficient (Wildman–Crippen LogP) is 5.92. The number of carbonyl (C=O) groups excluding carboxylic acids is 1. The number of hydrogen-bond donors (Lipinski definition) is 1. The van der Waals surface area contributed by atoms with E-state index in [1.54, 1.807) is 0 Å². The molecule has 0 radical (unpaired) electrons. The van der Waals surface area contributed by atoms with Gasteiger partial charge < -0.3 is 19.7 Å². The minimum atomic E-state index is -0.160. The molecule has 1 amide bonds. The summed E-state index contributed by atoms with van der Waals surface area (Å²) < 4.78 is 11.5. The van der Waals surface area contributed by atoms with Crippen molar-refractivity contribution in [2.45, 2.75) is 65.2 Å². The van der Waals surface area contributed by atoms with Crippen LogP contribution in [0.5, 0.6) is 5.75 Å². The second-order valence-corrected chi connectivity index (χ2v) is 10.2. The van der Waals surface area contributed by atoms with Crippen LogP contribution in [-0.2, 0) is 20.4 Å². The fourth-order valence-corrected chi connectivity index (χ4v) is 3.92. The van der Waals surface area contributed by atoms with Crippen LogP contribution in [0.4, 0.5) is 11.4 Å². The second kappa shape index (κ2) is 10.6. The third-order valence-electron chi connectivity index (χ3n) is 7.14. The third kappa shape index (κ3) is 6.29. The molecule has 2 aromatic rings. The zero-order valence-corrected chi connectivity index (χ0v) is 21.2. The van der Waals surface area contributed by atoms with Gasteiger partial charge in [0, 0.05) is 30.0 Å². The zero-order valence-electron chi connectivity index (χ0n) is 21.2. The van der Waals surface area contributed by atoms with Crippen LogP contribution in [0.3, 0.4) is 0 Å². The lowest BCUT2D eigenvalue weighted by Crippen LogP contribution is -2.36. The highest BCUT2D eigenvalue weighted by Crippen LogP contribution is 2.38. The number of morpholine rings is 1. The number of carbonyl (C=O) groups is 1. The van der Waals surface area contributed by atoms with Gasteiger partial charge in [0.05, 0.1) is 13.2 Å². The predicted molar refractivity (Wildman–Crippen MR) is 137 cm³/mol. The Morgan fingerprint density at radius 1 is 0.970 bits per heavy atom. The van der Waals surface area contributed by atoms with Crippen molar-refractivity contribution in [2.24, 2.45) is 0 Å². The van der Waals surface area contributed by atoms with E-state index in [1.165, 1.54) is 5.56 Å². The van der Waals surface area contributed by atoms with Crippen LogP contribution >= 0.6 is 0 Å². The molecule has 3 rings (SSSR count). The number of anilines is 2. The first-order valence-electron chi connectivity index (χ1n) is 12.2. The highest BCUT2D eigenvalue weighted by atomic mass is 16.5. The average Bonchev–Trinajstić information content (AvgIpc) is 2.83. The molecular weight excluding hydrogens is 412 g/mol. The third-order valence-corrected chi connectivity index (χ3v) is 7.14. The molecule has 0 aliphatic carbocycles. The quantitative estimate of drug-likeness (QED) is 0.513. The minimum absolute atomic E-state index is 0.0193. The normalized spacial score (nSPS) is 14.8. The second-order valence-electron chi connectivity index (χ2n) is 10.2. The lowest BCUT2D eigenvalue weighted by atomic mass is 9.76. The Hall–Kier alpha value is -2.53. The zero-order chi connectivity index (χ0) is 24.1. The molecule has 5 nitrogen and oxygen atoms in total. The monoisotopic (exact) mass is 452 g/mol. The average molecular weight is 453 g/mol. The van der Waals surface area contributed by atoms with Crippen molar-refractivity contribution in [1.82, 2.24) is 0 Å². The molecule has 1 saturated heterocycles. The van der Waals surface area contributed by atoms with Gasteiger partial charge in [-0.05, 0) is 59.6 Å². The van der Waals surface area contributed by atoms with E-state index in [2.05, 4.69) is 63.9 Å². The molecule has 33 heavy (non-hydrogen) atoms. The number of nitrogens with one attached hydrogen (secondary N) is 1. The molecule has 0 atom stereocenters. The van der Waals surface area contributed by atoms with Gasteiger partial charge in [0.25, 0.3) is 5.91 Å². The highest BCUT2D eigenvalue weighted by Gasteiger charge is 2.27. The van der Waals surface area contributed by atoms with Crippen molar-refractivity contribution in [1.29, 1.82) is 0 Å². The molecule has 1 aliphatic rings. The first-order chi connectivity index (χ1) is 15.7. The smallest absolute Gasteiger partial charge is 0.262 e. The van der Waals surface area contributed by atoms with Gasteiger partial charge in [-0.2, -0.15) is 0 Å². The standard InChI is InChI=1S/C28H40N2O3/c1-7-27(3,4)21-9-14-25(24(19-21)28(5,6)8-2)33-20-26(31)29-22-10-12-23(13-11-22)30-15-17-32-18-16-30/h9-14,19H,7-8,15-18,20H2,1-6H3,(H,29,31). The van der Waals surface area contributed by atoms with Crippen LogP contribution in [0.15, 0.2) is 42.5 Å². The van der Waals surface area contributed by atoms with E-state index in [1.807, 2.05) is 30.3 Å². The van der Waals surface area contributed by atoms with Crippen molar-refractivity contribution in [2.75, 3.05) is 43.1 Å². The summed E-state index contributed by atoms with van der Waals surface area (Å²) in [5, 5.41) is 2.95. The number of nitrogens with zero attached hydrogens (tertiary/aromatic N) is 1. The molecule has 1 N–H and O–H groups in total. The molecule has 0 saturated carbocycles. The summed E-state index contributed by atoms with van der Waals surface area (Å²) >= 11 is 0. The summed E-state index contributed by atoms with van der Waals surface area (Å²) in [5.74, 6) is 0.627. The van der Waals surface area contributed by atoms with Crippen molar-refractivity contribution >= 4 is 17.3 Å². The van der Waals surface area contributed by atoms with E-state index in [0.29, 0.717) is 0 Å². The van der Waals surface area contributed by atoms with Crippen molar-refractivity contribution in [3.05, 3.63) is 53.6 Å². The van der Waals surface area contributed by atoms with E-state index >= 15 is 0 Å². The van der Waals surface area contributed by atoms with Gasteiger partial charge in [0.15, 0.2) is 6.61 Å². The van der Waals surface area contributed by atoms with Gasteiger partial charge >= 0.3 is 0 Å². The van der Waals surface area contributed by atoms with Gasteiger partial charge in [-0.15, -0.1) is 0 Å². The summed E-state index contributed by atoms with van der Waals surface area (Å²) in [6, 6.07) is 14.4. The van der Waals surface area contributed by atoms with Crippen LogP contribution in [0, 0.1) is 0 Å². The van der Waals surface area contributed by atoms with Gasteiger partial charge in [-0.25, -0.2) is 0 Å². The van der Waals surface area contributed by atoms with E-state index in [-0.39, 0.29) is 23.3 Å². The Morgan fingerprint density at radius 3 is 2.21 bits per heavy atom. The lowest BCUT2D eigenvalue weighted by Gasteiger charge is -2.30. The minimum Gasteiger partial charge on any atom is -0.483 e. The number of benzene rings is 2. The van der Waals surface area contributed by atoms with Crippen molar-refractivity contribution < 1.29 is 14.3 Å². The molecule has 1 fully saturated rings. The topological polar surface area (TPSA) is 50.8 Å². The largest absolute Gasteiger partial charge is 0.483 e. The Labute approximate surface area is 199 Å². The number of rotatable bonds is 9. The Balaban J connectivity index is 1.66. The fraction of sp³-hybridized carbons (Fsp3) is 0.536. The van der Waals surface area contributed by atoms with E-state index in [9.17, 15) is 4.79 Å². The summed E-state index contributed by atoms with van der Waals surface area (Å²) in [6.45, 7) is 16.7. The molecule has 2 aromatic carbocycles. The lowest BCUT2D eigenvalue weighted by molar-refractivity contribution is -0.118. The van der Waals surface area contributed by atoms with Gasteiger partial charge in [0.2, 0.25) is 0 Å². The van der Waals surface area contributed by atoms with E-state index in [0.717, 1.165) is 61.8 Å². The molecule has 1 aliphatic heterocycles. The fourth-order valence-electron chi connectivity index (χ4n) is 3.92. The number of ether oxygens (including phenoxy) is 2. The van der Waals surface area contributed by atoms with Crippen LogP contribution in [0.2, 0.25) is 0 Å². The maximum Gasteiger partial charge on any atom is 0.262 e. The molecule has 180 valence electrons. The SMILES string of the molecule is CCC(C)(C)c1ccc(OCC(=O)Nc2ccc(N3CCOCC3)cc2)c(C(C)(C)CC)c1. The van der Waals surface area contributed by atoms with Gasteiger partial charge in [0.1, 0.15) is 5.75 Å². The molecule has 0 aromatic heterocycles. The van der Waals surface area contributed by atoms with Crippen molar-refractivity contribution in [3.63, 3.8) is 0 Å². The Morgan fingerprint density at radius 2 is 1.61 bits per heavy atom. The highest BCUT2D eigenvalue weighted by molar-refractivity contribution is 5.92. The molecule has 0 bridgehead atoms. The maximum atomic E-state index is 12.6. The Kier molecular flexibility index (Phi) is 8.06. The van der Waals surface area contributed by atoms with Gasteiger partial charge in [-0.1, -0.05) is 53.7 Å². The summed E-state index contributed by atoms with van der Waals surface area (Å²) in [6.07, 6.45) is 2.05. The van der Waals surface area contributed by atoms with Crippen LogP contribution in [0.1, 0.15) is 65.5 Å². The summed E-state index contributed by atoms with van der Waals surface area (Å²) in [4.78, 5) is 14.9. The van der Waals surface area contributed by atoms with E-state index < -0.39 is 0 Å². The number of amides is 1. The first-order valence-corrected chi connectivity index (χ1v) is 12.2. The molecule has 0 unspecified atom stereocenters. The Bertz CT molecular complexity index is 929. The molecule has 5 heteroatoms. The van der Waals surface area contributed by atoms with Crippen LogP contribution in [0.25, 0.3) is 0 Å². The summed E-state index contributed by atoms with van der Waals surface area (Å²) in [5.41, 5.74) is 4.44. The van der Waals surface area contributed by atoms with Crippen LogP contribution in [-0.4, -0.2) is 38.8 Å². The summed E-state index contributed by atoms with van der Waals surface area (Å²) in [7, 11) is 0. The molecule has 0 spiro atoms. The van der Waals surface area contributed by atoms with Crippen molar-refractivity contribution in [3.8, 4) is 5.75 Å². The first kappa shape index (κ1) is 25.1. The molecule has 1 heterocycles. The van der Waals surface area contributed by atoms with Crippen LogP contribution < -0.4 is 15.0 Å². The maximum absolute atomic E-state index is 12.6. The number of hydrogen-bond acceptors (Lipinski definition) is 4. The van der Waals surface area contributed by atoms with Gasteiger partial charge in [-0.3, -0.25) is 4.79 Å².